The van der Waals surface area contributed by atoms with E-state index in [1.54, 1.807) is 0 Å². The van der Waals surface area contributed by atoms with Crippen LogP contribution in [0.15, 0.2) is 170 Å². The zero-order valence-electron chi connectivity index (χ0n) is 27.9. The molecule has 5 heteroatoms. The van der Waals surface area contributed by atoms with Gasteiger partial charge in [0.05, 0.1) is 27.7 Å². The maximum atomic E-state index is 16.1. The number of hydrogen-bond donors (Lipinski definition) is 0. The van der Waals surface area contributed by atoms with Crippen molar-refractivity contribution < 1.29 is 4.57 Å². The van der Waals surface area contributed by atoms with E-state index in [-0.39, 0.29) is 5.41 Å². The van der Waals surface area contributed by atoms with Crippen LogP contribution < -0.4 is 14.6 Å². The van der Waals surface area contributed by atoms with E-state index in [4.69, 9.17) is 0 Å². The lowest BCUT2D eigenvalue weighted by atomic mass is 9.82. The van der Waals surface area contributed by atoms with Crippen LogP contribution in [0.1, 0.15) is 25.0 Å². The Bertz CT molecular complexity index is 2660. The van der Waals surface area contributed by atoms with Crippen LogP contribution in [0.3, 0.4) is 0 Å². The zero-order chi connectivity index (χ0) is 33.6. The summed E-state index contributed by atoms with van der Waals surface area (Å²) in [5.74, 6) is 0. The summed E-state index contributed by atoms with van der Waals surface area (Å²) in [5.41, 5.74) is 12.2. The monoisotopic (exact) mass is 663 g/mol. The first-order chi connectivity index (χ1) is 24.5. The molecule has 1 aliphatic heterocycles. The summed E-state index contributed by atoms with van der Waals surface area (Å²) in [6.07, 6.45) is 0. The molecule has 0 radical (unpaired) electrons. The maximum Gasteiger partial charge on any atom is 0.301 e. The average molecular weight is 664 g/mol. The molecule has 0 fully saturated rings. The Labute approximate surface area is 292 Å². The molecule has 2 heterocycles. The van der Waals surface area contributed by atoms with Gasteiger partial charge in [0.25, 0.3) is 0 Å². The standard InChI is InChI=1S/C45H34N3OP/c1-45(2)39-24-14-12-22-35(39)37-30-43-38(29-40(37)45)36-23-13-15-25-41(36)46(43)33-26-27-42-44(28-33)48(32-18-8-4-9-19-32)50(49,34-20-10-5-11-21-34)47(42)31-16-6-3-7-17-31/h3-30H,1-2H3. The lowest BCUT2D eigenvalue weighted by molar-refractivity contribution is 0.582. The first-order valence-electron chi connectivity index (χ1n) is 17.2. The summed E-state index contributed by atoms with van der Waals surface area (Å²) in [6, 6.07) is 59.1. The van der Waals surface area contributed by atoms with Crippen LogP contribution in [0.25, 0.3) is 38.6 Å². The van der Waals surface area contributed by atoms with E-state index in [1.165, 1.54) is 33.0 Å². The Morgan fingerprint density at radius 3 is 1.78 bits per heavy atom. The topological polar surface area (TPSA) is 28.5 Å². The van der Waals surface area contributed by atoms with Gasteiger partial charge in [-0.2, -0.15) is 0 Å². The van der Waals surface area contributed by atoms with Gasteiger partial charge >= 0.3 is 7.44 Å². The summed E-state index contributed by atoms with van der Waals surface area (Å²) >= 11 is 0. The SMILES string of the molecule is CC1(C)c2ccccc2-c2cc3c(cc21)c1ccccc1n3-c1ccc2c(c1)N(c1ccccc1)P(=O)(c1ccccc1)N2c1ccccc1. The fourth-order valence-electron chi connectivity index (χ4n) is 8.41. The first kappa shape index (κ1) is 29.1. The highest BCUT2D eigenvalue weighted by atomic mass is 31.2. The lowest BCUT2D eigenvalue weighted by Gasteiger charge is -2.33. The Morgan fingerprint density at radius 1 is 0.460 bits per heavy atom. The van der Waals surface area contributed by atoms with E-state index in [0.717, 1.165) is 44.8 Å². The molecule has 0 N–H and O–H groups in total. The molecule has 1 atom stereocenters. The number of aromatic nitrogens is 1. The van der Waals surface area contributed by atoms with Crippen molar-refractivity contribution in [3.8, 4) is 16.8 Å². The number of nitrogens with zero attached hydrogens (tertiary/aromatic N) is 3. The molecule has 0 amide bonds. The molecule has 0 saturated carbocycles. The fraction of sp³-hybridized carbons (Fsp3) is 0.0667. The van der Waals surface area contributed by atoms with E-state index < -0.39 is 7.44 Å². The van der Waals surface area contributed by atoms with Gasteiger partial charge in [-0.25, -0.2) is 0 Å². The highest BCUT2D eigenvalue weighted by molar-refractivity contribution is 7.76. The van der Waals surface area contributed by atoms with Crippen LogP contribution in [0.2, 0.25) is 0 Å². The Balaban J connectivity index is 1.27. The molecular weight excluding hydrogens is 629 g/mol. The highest BCUT2D eigenvalue weighted by Gasteiger charge is 2.49. The van der Waals surface area contributed by atoms with Crippen molar-refractivity contribution in [3.05, 3.63) is 181 Å². The van der Waals surface area contributed by atoms with Crippen molar-refractivity contribution in [2.75, 3.05) is 9.34 Å². The average Bonchev–Trinajstić information content (AvgIpc) is 3.72. The van der Waals surface area contributed by atoms with Crippen LogP contribution in [0.5, 0.6) is 0 Å². The number of hydrogen-bond acceptors (Lipinski definition) is 1. The van der Waals surface area contributed by atoms with Crippen molar-refractivity contribution in [2.24, 2.45) is 0 Å². The predicted molar refractivity (Wildman–Crippen MR) is 209 cm³/mol. The van der Waals surface area contributed by atoms with E-state index in [2.05, 4.69) is 131 Å². The third-order valence-electron chi connectivity index (χ3n) is 10.7. The van der Waals surface area contributed by atoms with E-state index in [0.29, 0.717) is 0 Å². The van der Waals surface area contributed by atoms with Crippen molar-refractivity contribution >= 4 is 57.3 Å². The third-order valence-corrected chi connectivity index (χ3v) is 13.6. The van der Waals surface area contributed by atoms with Crippen LogP contribution in [-0.2, 0) is 9.98 Å². The molecule has 1 aliphatic carbocycles. The van der Waals surface area contributed by atoms with Crippen molar-refractivity contribution in [3.63, 3.8) is 0 Å². The van der Waals surface area contributed by atoms with Gasteiger partial charge in [-0.05, 0) is 95.1 Å². The van der Waals surface area contributed by atoms with Crippen LogP contribution >= 0.6 is 7.44 Å². The number of para-hydroxylation sites is 3. The maximum absolute atomic E-state index is 16.1. The molecule has 8 aromatic rings. The smallest absolute Gasteiger partial charge is 0.301 e. The summed E-state index contributed by atoms with van der Waals surface area (Å²) in [6.45, 7) is 4.68. The predicted octanol–water partition coefficient (Wildman–Crippen LogP) is 11.9. The molecule has 0 spiro atoms. The van der Waals surface area contributed by atoms with Crippen LogP contribution in [-0.4, -0.2) is 4.57 Å². The molecular formula is C45H34N3OP. The van der Waals surface area contributed by atoms with E-state index in [1.807, 2.05) is 66.7 Å². The number of rotatable bonds is 4. The molecule has 240 valence electrons. The largest absolute Gasteiger partial charge is 0.309 e. The second kappa shape index (κ2) is 10.6. The highest BCUT2D eigenvalue weighted by Crippen LogP contribution is 2.70. The molecule has 4 nitrogen and oxygen atoms in total. The molecule has 1 unspecified atom stereocenters. The second-order valence-electron chi connectivity index (χ2n) is 13.8. The van der Waals surface area contributed by atoms with E-state index in [9.17, 15) is 0 Å². The van der Waals surface area contributed by atoms with Gasteiger partial charge in [-0.1, -0.05) is 111 Å². The minimum atomic E-state index is -3.47. The van der Waals surface area contributed by atoms with Crippen molar-refractivity contribution in [1.82, 2.24) is 4.57 Å². The molecule has 50 heavy (non-hydrogen) atoms. The van der Waals surface area contributed by atoms with Gasteiger partial charge < -0.3 is 4.57 Å². The number of fused-ring (bicyclic) bond motifs is 7. The Morgan fingerprint density at radius 2 is 1.06 bits per heavy atom. The Hall–Kier alpha value is -5.83. The normalized spacial score (nSPS) is 17.2. The summed E-state index contributed by atoms with van der Waals surface area (Å²) in [5, 5.41) is 3.24. The lowest BCUT2D eigenvalue weighted by Crippen LogP contribution is -2.26. The molecule has 2 aliphatic rings. The quantitative estimate of drug-likeness (QED) is 0.175. The fourth-order valence-corrected chi connectivity index (χ4v) is 11.4. The van der Waals surface area contributed by atoms with Gasteiger partial charge in [-0.3, -0.25) is 13.9 Å². The van der Waals surface area contributed by atoms with Gasteiger partial charge in [0.1, 0.15) is 0 Å². The minimum absolute atomic E-state index is 0.0907. The molecule has 7 aromatic carbocycles. The molecule has 1 aromatic heterocycles. The van der Waals surface area contributed by atoms with Gasteiger partial charge in [0.2, 0.25) is 0 Å². The van der Waals surface area contributed by atoms with Crippen molar-refractivity contribution in [2.45, 2.75) is 19.3 Å². The summed E-state index contributed by atoms with van der Waals surface area (Å²) < 4.78 is 22.6. The van der Waals surface area contributed by atoms with Gasteiger partial charge in [0.15, 0.2) is 0 Å². The van der Waals surface area contributed by atoms with E-state index >= 15 is 4.57 Å². The first-order valence-corrected chi connectivity index (χ1v) is 18.8. The summed E-state index contributed by atoms with van der Waals surface area (Å²) in [7, 11) is -3.47. The van der Waals surface area contributed by atoms with Crippen LogP contribution in [0, 0.1) is 0 Å². The second-order valence-corrected chi connectivity index (χ2v) is 16.2. The molecule has 0 saturated heterocycles. The van der Waals surface area contributed by atoms with Crippen LogP contribution in [0.4, 0.5) is 22.7 Å². The van der Waals surface area contributed by atoms with Gasteiger partial charge in [-0.15, -0.1) is 0 Å². The number of benzene rings is 7. The Kier molecular flexibility index (Phi) is 6.16. The number of anilines is 4. The molecule has 0 bridgehead atoms. The zero-order valence-corrected chi connectivity index (χ0v) is 28.8. The van der Waals surface area contributed by atoms with Crippen molar-refractivity contribution in [1.29, 1.82) is 0 Å². The third kappa shape index (κ3) is 3.91. The minimum Gasteiger partial charge on any atom is -0.309 e. The summed E-state index contributed by atoms with van der Waals surface area (Å²) in [4.78, 5) is 0. The molecule has 10 rings (SSSR count). The van der Waals surface area contributed by atoms with Gasteiger partial charge in [0, 0.05) is 33.2 Å².